The van der Waals surface area contributed by atoms with Crippen LogP contribution in [0.5, 0.6) is 0 Å². The molecule has 1 saturated heterocycles. The van der Waals surface area contributed by atoms with E-state index in [-0.39, 0.29) is 11.3 Å². The fraction of sp³-hybridized carbons (Fsp3) is 0.238. The van der Waals surface area contributed by atoms with Crippen LogP contribution in [0, 0.1) is 0 Å². The van der Waals surface area contributed by atoms with Crippen molar-refractivity contribution in [3.8, 4) is 0 Å². The van der Waals surface area contributed by atoms with Gasteiger partial charge in [-0.3, -0.25) is 4.79 Å². The summed E-state index contributed by atoms with van der Waals surface area (Å²) in [6.45, 7) is 1.75. The maximum Gasteiger partial charge on any atom is 0.336 e. The highest BCUT2D eigenvalue weighted by Gasteiger charge is 2.53. The second kappa shape index (κ2) is 6.65. The summed E-state index contributed by atoms with van der Waals surface area (Å²) in [4.78, 5) is 26.8. The number of thioether (sulfide) groups is 1. The lowest BCUT2D eigenvalue weighted by molar-refractivity contribution is -0.169. The highest BCUT2D eigenvalue weighted by atomic mass is 32.2. The smallest absolute Gasteiger partial charge is 0.336 e. The van der Waals surface area contributed by atoms with E-state index in [1.807, 2.05) is 66.1 Å². The minimum Gasteiger partial charge on any atom is -0.451 e. The Balaban J connectivity index is 1.66. The second-order valence-electron chi connectivity index (χ2n) is 6.62. The fourth-order valence-corrected chi connectivity index (χ4v) is 4.60. The SMILES string of the molecule is CC1(C(=O)OC(c2ccccc2)c2ccccc2)C=CSC2CC(=O)N21. The van der Waals surface area contributed by atoms with E-state index in [0.29, 0.717) is 6.42 Å². The Labute approximate surface area is 156 Å². The normalized spacial score (nSPS) is 24.2. The van der Waals surface area contributed by atoms with Crippen molar-refractivity contribution in [2.45, 2.75) is 30.4 Å². The lowest BCUT2D eigenvalue weighted by atomic mass is 9.94. The van der Waals surface area contributed by atoms with Crippen molar-refractivity contribution in [3.05, 3.63) is 83.3 Å². The van der Waals surface area contributed by atoms with Crippen LogP contribution < -0.4 is 0 Å². The number of rotatable bonds is 4. The summed E-state index contributed by atoms with van der Waals surface area (Å²) < 4.78 is 5.97. The molecular formula is C21H19NO3S. The number of β-lactam (4-membered cyclic amide) rings is 1. The van der Waals surface area contributed by atoms with Crippen LogP contribution in [-0.4, -0.2) is 27.7 Å². The van der Waals surface area contributed by atoms with Crippen LogP contribution in [0.25, 0.3) is 0 Å². The summed E-state index contributed by atoms with van der Waals surface area (Å²) in [6, 6.07) is 19.3. The van der Waals surface area contributed by atoms with Crippen molar-refractivity contribution in [2.24, 2.45) is 0 Å². The first-order valence-electron chi connectivity index (χ1n) is 8.56. The molecule has 2 heterocycles. The van der Waals surface area contributed by atoms with Crippen LogP contribution in [-0.2, 0) is 14.3 Å². The summed E-state index contributed by atoms with van der Waals surface area (Å²) >= 11 is 1.56. The molecule has 5 heteroatoms. The van der Waals surface area contributed by atoms with Crippen LogP contribution in [0.3, 0.4) is 0 Å². The van der Waals surface area contributed by atoms with Gasteiger partial charge in [-0.25, -0.2) is 4.79 Å². The van der Waals surface area contributed by atoms with Gasteiger partial charge in [0.15, 0.2) is 11.6 Å². The van der Waals surface area contributed by atoms with Gasteiger partial charge in [0.2, 0.25) is 5.91 Å². The van der Waals surface area contributed by atoms with Crippen molar-refractivity contribution in [1.82, 2.24) is 4.90 Å². The second-order valence-corrected chi connectivity index (χ2v) is 7.70. The third-order valence-corrected chi connectivity index (χ3v) is 5.86. The van der Waals surface area contributed by atoms with Gasteiger partial charge in [-0.05, 0) is 29.5 Å². The topological polar surface area (TPSA) is 46.6 Å². The molecule has 1 amide bonds. The molecule has 2 unspecified atom stereocenters. The predicted molar refractivity (Wildman–Crippen MR) is 101 cm³/mol. The van der Waals surface area contributed by atoms with Crippen LogP contribution in [0.1, 0.15) is 30.6 Å². The van der Waals surface area contributed by atoms with Gasteiger partial charge in [-0.2, -0.15) is 0 Å². The minimum absolute atomic E-state index is 0.0118. The molecule has 0 radical (unpaired) electrons. The van der Waals surface area contributed by atoms with Gasteiger partial charge in [-0.1, -0.05) is 60.7 Å². The average molecular weight is 365 g/mol. The molecule has 2 aromatic carbocycles. The van der Waals surface area contributed by atoms with Crippen molar-refractivity contribution in [3.63, 3.8) is 0 Å². The Kier molecular flexibility index (Phi) is 4.32. The van der Waals surface area contributed by atoms with Crippen molar-refractivity contribution in [2.75, 3.05) is 0 Å². The van der Waals surface area contributed by atoms with Crippen molar-refractivity contribution >= 4 is 23.6 Å². The van der Waals surface area contributed by atoms with Crippen LogP contribution in [0.4, 0.5) is 0 Å². The molecule has 0 spiro atoms. The van der Waals surface area contributed by atoms with E-state index in [4.69, 9.17) is 4.74 Å². The van der Waals surface area contributed by atoms with E-state index in [2.05, 4.69) is 0 Å². The number of amides is 1. The van der Waals surface area contributed by atoms with E-state index in [9.17, 15) is 9.59 Å². The molecule has 2 atom stereocenters. The molecule has 0 aromatic heterocycles. The summed E-state index contributed by atoms with van der Waals surface area (Å²) in [7, 11) is 0. The first kappa shape index (κ1) is 16.9. The molecule has 132 valence electrons. The van der Waals surface area contributed by atoms with Gasteiger partial charge in [0, 0.05) is 0 Å². The van der Waals surface area contributed by atoms with Gasteiger partial charge in [0.05, 0.1) is 11.8 Å². The average Bonchev–Trinajstić information content (AvgIpc) is 2.66. The van der Waals surface area contributed by atoms with E-state index in [1.165, 1.54) is 0 Å². The molecule has 2 aromatic rings. The maximum atomic E-state index is 13.1. The molecule has 0 saturated carbocycles. The standard InChI is InChI=1S/C21H19NO3S/c1-21(12-13-26-18-14-17(23)22(18)21)20(24)25-19(15-8-4-2-5-9-15)16-10-6-3-7-11-16/h2-13,18-19H,14H2,1H3. The molecule has 1 fully saturated rings. The molecular weight excluding hydrogens is 346 g/mol. The quantitative estimate of drug-likeness (QED) is 0.609. The van der Waals surface area contributed by atoms with Gasteiger partial charge in [0.1, 0.15) is 0 Å². The largest absolute Gasteiger partial charge is 0.451 e. The highest BCUT2D eigenvalue weighted by Crippen LogP contribution is 2.43. The van der Waals surface area contributed by atoms with E-state index in [1.54, 1.807) is 29.7 Å². The zero-order valence-corrected chi connectivity index (χ0v) is 15.2. The van der Waals surface area contributed by atoms with E-state index < -0.39 is 17.6 Å². The number of benzene rings is 2. The van der Waals surface area contributed by atoms with Crippen molar-refractivity contribution in [1.29, 1.82) is 0 Å². The maximum absolute atomic E-state index is 13.1. The lowest BCUT2D eigenvalue weighted by Gasteiger charge is -2.50. The van der Waals surface area contributed by atoms with E-state index >= 15 is 0 Å². The number of esters is 1. The van der Waals surface area contributed by atoms with Crippen LogP contribution in [0.2, 0.25) is 0 Å². The zero-order chi connectivity index (χ0) is 18.1. The first-order chi connectivity index (χ1) is 12.6. The Morgan fingerprint density at radius 2 is 1.69 bits per heavy atom. The number of fused-ring (bicyclic) bond motifs is 1. The van der Waals surface area contributed by atoms with Crippen LogP contribution in [0.15, 0.2) is 72.1 Å². The molecule has 26 heavy (non-hydrogen) atoms. The number of ether oxygens (including phenoxy) is 1. The molecule has 2 aliphatic heterocycles. The fourth-order valence-electron chi connectivity index (χ4n) is 3.37. The Bertz CT molecular complexity index is 813. The number of hydrogen-bond donors (Lipinski definition) is 0. The molecule has 4 nitrogen and oxygen atoms in total. The Morgan fingerprint density at radius 1 is 1.12 bits per heavy atom. The lowest BCUT2D eigenvalue weighted by Crippen LogP contribution is -2.65. The number of carbonyl (C=O) groups excluding carboxylic acids is 2. The number of nitrogens with zero attached hydrogens (tertiary/aromatic N) is 1. The van der Waals surface area contributed by atoms with Gasteiger partial charge in [-0.15, -0.1) is 11.8 Å². The molecule has 2 aliphatic rings. The van der Waals surface area contributed by atoms with E-state index in [0.717, 1.165) is 11.1 Å². The molecule has 4 rings (SSSR count). The van der Waals surface area contributed by atoms with Crippen molar-refractivity contribution < 1.29 is 14.3 Å². The summed E-state index contributed by atoms with van der Waals surface area (Å²) in [5.41, 5.74) is 0.736. The highest BCUT2D eigenvalue weighted by molar-refractivity contribution is 8.02. The monoisotopic (exact) mass is 365 g/mol. The van der Waals surface area contributed by atoms with Crippen LogP contribution >= 0.6 is 11.8 Å². The summed E-state index contributed by atoms with van der Waals surface area (Å²) in [6.07, 6.45) is 1.72. The molecule has 0 aliphatic carbocycles. The third-order valence-electron chi connectivity index (χ3n) is 4.88. The minimum atomic E-state index is -1.06. The van der Waals surface area contributed by atoms with Gasteiger partial charge >= 0.3 is 5.97 Å². The molecule has 0 N–H and O–H groups in total. The third kappa shape index (κ3) is 2.82. The summed E-state index contributed by atoms with van der Waals surface area (Å²) in [5.74, 6) is -0.424. The number of carbonyl (C=O) groups is 2. The molecule has 0 bridgehead atoms. The van der Waals surface area contributed by atoms with Gasteiger partial charge in [0.25, 0.3) is 0 Å². The zero-order valence-electron chi connectivity index (χ0n) is 14.4. The summed E-state index contributed by atoms with van der Waals surface area (Å²) in [5, 5.41) is 1.92. The van der Waals surface area contributed by atoms with Gasteiger partial charge < -0.3 is 9.64 Å². The predicted octanol–water partition coefficient (Wildman–Crippen LogP) is 3.90. The Hall–Kier alpha value is -2.53. The number of hydrogen-bond acceptors (Lipinski definition) is 4. The Morgan fingerprint density at radius 3 is 2.23 bits per heavy atom. The first-order valence-corrected chi connectivity index (χ1v) is 9.50.